The zero-order valence-electron chi connectivity index (χ0n) is 15.0. The quantitative estimate of drug-likeness (QED) is 0.482. The van der Waals surface area contributed by atoms with Crippen molar-refractivity contribution in [3.05, 3.63) is 65.4 Å². The van der Waals surface area contributed by atoms with Crippen molar-refractivity contribution >= 4 is 34.3 Å². The second-order valence-corrected chi connectivity index (χ2v) is 6.48. The first kappa shape index (κ1) is 16.9. The third-order valence-electron chi connectivity index (χ3n) is 4.63. The number of nitrogens with zero attached hydrogens (tertiary/aromatic N) is 1. The highest BCUT2D eigenvalue weighted by Crippen LogP contribution is 2.23. The molecule has 6 nitrogen and oxygen atoms in total. The summed E-state index contributed by atoms with van der Waals surface area (Å²) in [7, 11) is 1.64. The molecule has 4 rings (SSSR count). The lowest BCUT2D eigenvalue weighted by molar-refractivity contribution is -0.116. The number of nitrogens with one attached hydrogen (secondary N) is 2. The maximum atomic E-state index is 12.2. The largest absolute Gasteiger partial charge is 0.497 e. The number of carbonyl (C=O) groups is 1. The number of H-pyrrole nitrogens is 1. The molecule has 0 fully saturated rings. The van der Waals surface area contributed by atoms with E-state index in [-0.39, 0.29) is 5.91 Å². The molecular formula is C21H20N4O2. The lowest BCUT2D eigenvalue weighted by atomic mass is 10.0. The molecule has 2 aromatic carbocycles. The molecule has 1 aromatic heterocycles. The molecule has 0 saturated carbocycles. The van der Waals surface area contributed by atoms with Crippen LogP contribution < -0.4 is 15.9 Å². The molecule has 1 aliphatic rings. The predicted molar refractivity (Wildman–Crippen MR) is 108 cm³/mol. The van der Waals surface area contributed by atoms with Gasteiger partial charge in [-0.2, -0.15) is 5.10 Å². The summed E-state index contributed by atoms with van der Waals surface area (Å²) in [6.07, 6.45) is 3.30. The highest BCUT2D eigenvalue weighted by Gasteiger charge is 2.22. The van der Waals surface area contributed by atoms with Crippen molar-refractivity contribution in [1.29, 1.82) is 0 Å². The summed E-state index contributed by atoms with van der Waals surface area (Å²) in [6, 6.07) is 15.6. The van der Waals surface area contributed by atoms with Crippen LogP contribution in [-0.4, -0.2) is 23.7 Å². The number of benzene rings is 2. The van der Waals surface area contributed by atoms with Gasteiger partial charge in [0, 0.05) is 22.3 Å². The predicted octanol–water partition coefficient (Wildman–Crippen LogP) is 3.26. The summed E-state index contributed by atoms with van der Waals surface area (Å²) in [4.78, 5) is 15.5. The molecular weight excluding hydrogens is 340 g/mol. The van der Waals surface area contributed by atoms with E-state index >= 15 is 0 Å². The number of methoxy groups -OCH3 is 1. The molecule has 0 radical (unpaired) electrons. The van der Waals surface area contributed by atoms with Gasteiger partial charge in [-0.15, -0.1) is 0 Å². The zero-order chi connectivity index (χ0) is 18.8. The van der Waals surface area contributed by atoms with E-state index in [2.05, 4.69) is 15.5 Å². The highest BCUT2D eigenvalue weighted by molar-refractivity contribution is 6.27. The van der Waals surface area contributed by atoms with Crippen LogP contribution in [0.4, 0.5) is 5.69 Å². The SMILES string of the molecule is COc1ccc2[nH]c(C=C3C(=O)NN=C3CCc3ccc(N)cc3)cc2c1. The second-order valence-electron chi connectivity index (χ2n) is 6.48. The maximum Gasteiger partial charge on any atom is 0.273 e. The van der Waals surface area contributed by atoms with E-state index in [1.165, 1.54) is 0 Å². The van der Waals surface area contributed by atoms with Gasteiger partial charge in [-0.05, 0) is 60.9 Å². The Morgan fingerprint density at radius 2 is 1.93 bits per heavy atom. The highest BCUT2D eigenvalue weighted by atomic mass is 16.5. The molecule has 0 atom stereocenters. The smallest absolute Gasteiger partial charge is 0.273 e. The zero-order valence-corrected chi connectivity index (χ0v) is 15.0. The summed E-state index contributed by atoms with van der Waals surface area (Å²) in [5.41, 5.74) is 13.4. The molecule has 0 aliphatic carbocycles. The molecule has 0 spiro atoms. The maximum absolute atomic E-state index is 12.2. The summed E-state index contributed by atoms with van der Waals surface area (Å²) in [6.45, 7) is 0. The minimum atomic E-state index is -0.182. The average Bonchev–Trinajstić information content (AvgIpc) is 3.24. The third kappa shape index (κ3) is 3.55. The minimum Gasteiger partial charge on any atom is -0.497 e. The van der Waals surface area contributed by atoms with Gasteiger partial charge in [-0.1, -0.05) is 12.1 Å². The van der Waals surface area contributed by atoms with Gasteiger partial charge >= 0.3 is 0 Å². The number of rotatable bonds is 5. The van der Waals surface area contributed by atoms with Crippen molar-refractivity contribution < 1.29 is 9.53 Å². The number of nitrogens with two attached hydrogens (primary N) is 1. The molecule has 0 saturated heterocycles. The van der Waals surface area contributed by atoms with E-state index in [9.17, 15) is 4.79 Å². The third-order valence-corrected chi connectivity index (χ3v) is 4.63. The number of aromatic nitrogens is 1. The van der Waals surface area contributed by atoms with E-state index in [0.717, 1.165) is 45.7 Å². The van der Waals surface area contributed by atoms with Gasteiger partial charge in [0.05, 0.1) is 18.4 Å². The molecule has 1 aliphatic heterocycles. The molecule has 4 N–H and O–H groups in total. The number of fused-ring (bicyclic) bond motifs is 1. The summed E-state index contributed by atoms with van der Waals surface area (Å²) in [5, 5.41) is 5.23. The Bertz CT molecular complexity index is 1060. The number of ether oxygens (including phenoxy) is 1. The van der Waals surface area contributed by atoms with Crippen molar-refractivity contribution in [1.82, 2.24) is 10.4 Å². The van der Waals surface area contributed by atoms with Crippen LogP contribution in [0.25, 0.3) is 17.0 Å². The summed E-state index contributed by atoms with van der Waals surface area (Å²) in [5.74, 6) is 0.614. The first-order chi connectivity index (χ1) is 13.1. The molecule has 2 heterocycles. The Balaban J connectivity index is 1.56. The van der Waals surface area contributed by atoms with Crippen LogP contribution in [0.1, 0.15) is 17.7 Å². The van der Waals surface area contributed by atoms with Crippen LogP contribution in [0.3, 0.4) is 0 Å². The van der Waals surface area contributed by atoms with Gasteiger partial charge in [0.2, 0.25) is 0 Å². The van der Waals surface area contributed by atoms with Crippen molar-refractivity contribution in [3.63, 3.8) is 0 Å². The van der Waals surface area contributed by atoms with E-state index in [1.807, 2.05) is 54.6 Å². The lowest BCUT2D eigenvalue weighted by Gasteiger charge is -2.03. The summed E-state index contributed by atoms with van der Waals surface area (Å²) < 4.78 is 5.26. The minimum absolute atomic E-state index is 0.182. The van der Waals surface area contributed by atoms with E-state index in [4.69, 9.17) is 10.5 Å². The van der Waals surface area contributed by atoms with E-state index < -0.39 is 0 Å². The van der Waals surface area contributed by atoms with Crippen LogP contribution >= 0.6 is 0 Å². The van der Waals surface area contributed by atoms with E-state index in [0.29, 0.717) is 12.0 Å². The van der Waals surface area contributed by atoms with Crippen molar-refractivity contribution in [3.8, 4) is 5.75 Å². The number of anilines is 1. The number of aryl methyl sites for hydroxylation is 1. The van der Waals surface area contributed by atoms with Gasteiger partial charge < -0.3 is 15.5 Å². The molecule has 3 aromatic rings. The van der Waals surface area contributed by atoms with Crippen LogP contribution in [0.2, 0.25) is 0 Å². The fourth-order valence-corrected chi connectivity index (χ4v) is 3.15. The van der Waals surface area contributed by atoms with Crippen LogP contribution in [0, 0.1) is 0 Å². The number of hydrogen-bond donors (Lipinski definition) is 3. The van der Waals surface area contributed by atoms with Crippen LogP contribution in [0.15, 0.2) is 59.2 Å². The van der Waals surface area contributed by atoms with Crippen molar-refractivity contribution in [2.24, 2.45) is 5.10 Å². The Hall–Kier alpha value is -3.54. The molecule has 27 heavy (non-hydrogen) atoms. The van der Waals surface area contributed by atoms with Gasteiger partial charge in [0.1, 0.15) is 5.75 Å². The van der Waals surface area contributed by atoms with Gasteiger partial charge in [-0.25, -0.2) is 5.43 Å². The van der Waals surface area contributed by atoms with Crippen LogP contribution in [-0.2, 0) is 11.2 Å². The molecule has 0 unspecified atom stereocenters. The number of amides is 1. The lowest BCUT2D eigenvalue weighted by Crippen LogP contribution is -2.13. The number of aromatic amines is 1. The van der Waals surface area contributed by atoms with Crippen LogP contribution in [0.5, 0.6) is 5.75 Å². The molecule has 6 heteroatoms. The van der Waals surface area contributed by atoms with E-state index in [1.54, 1.807) is 7.11 Å². The Morgan fingerprint density at radius 3 is 2.70 bits per heavy atom. The fraction of sp³-hybridized carbons (Fsp3) is 0.143. The van der Waals surface area contributed by atoms with Crippen molar-refractivity contribution in [2.45, 2.75) is 12.8 Å². The Kier molecular flexibility index (Phi) is 4.38. The number of hydrogen-bond acceptors (Lipinski definition) is 4. The molecule has 136 valence electrons. The Labute approximate surface area is 156 Å². The number of nitrogen functional groups attached to an aromatic ring is 1. The number of carbonyl (C=O) groups excluding carboxylic acids is 1. The summed E-state index contributed by atoms with van der Waals surface area (Å²) >= 11 is 0. The van der Waals surface area contributed by atoms with Gasteiger partial charge in [-0.3, -0.25) is 4.79 Å². The standard InChI is InChI=1S/C21H20N4O2/c1-27-17-7-9-19-14(11-17)10-16(23-19)12-18-20(24-25-21(18)26)8-4-13-2-5-15(22)6-3-13/h2-3,5-7,9-12,23H,4,8,22H2,1H3,(H,25,26). The van der Waals surface area contributed by atoms with Crippen molar-refractivity contribution in [2.75, 3.05) is 12.8 Å². The average molecular weight is 360 g/mol. The second kappa shape index (κ2) is 6.99. The fourth-order valence-electron chi connectivity index (χ4n) is 3.15. The molecule has 1 amide bonds. The first-order valence-corrected chi connectivity index (χ1v) is 8.72. The van der Waals surface area contributed by atoms with Gasteiger partial charge in [0.25, 0.3) is 5.91 Å². The van der Waals surface area contributed by atoms with Gasteiger partial charge in [0.15, 0.2) is 0 Å². The first-order valence-electron chi connectivity index (χ1n) is 8.72. The monoisotopic (exact) mass is 360 g/mol. The molecule has 0 bridgehead atoms. The Morgan fingerprint density at radius 1 is 1.11 bits per heavy atom. The topological polar surface area (TPSA) is 92.5 Å². The number of hydrazone groups is 1. The normalized spacial score (nSPS) is 15.2.